The van der Waals surface area contributed by atoms with Gasteiger partial charge in [0.2, 0.25) is 0 Å². The van der Waals surface area contributed by atoms with Crippen LogP contribution in [0.2, 0.25) is 0 Å². The zero-order valence-electron chi connectivity index (χ0n) is 10.7. The highest BCUT2D eigenvalue weighted by Gasteiger charge is 2.29. The standard InChI is InChI=1S/C13H24N2O2/c1-10(13(16)17)12-3-6-15(7-4-12)9-11-2-5-14-8-11/h10-12,14H,2-9H2,1H3,(H,16,17). The fourth-order valence-corrected chi connectivity index (χ4v) is 3.07. The maximum Gasteiger partial charge on any atom is 0.306 e. The van der Waals surface area contributed by atoms with E-state index < -0.39 is 5.97 Å². The van der Waals surface area contributed by atoms with Crippen molar-refractivity contribution in [1.29, 1.82) is 0 Å². The maximum absolute atomic E-state index is 10.9. The van der Waals surface area contributed by atoms with Gasteiger partial charge in [-0.15, -0.1) is 0 Å². The van der Waals surface area contributed by atoms with Crippen molar-refractivity contribution in [2.45, 2.75) is 26.2 Å². The van der Waals surface area contributed by atoms with Crippen molar-refractivity contribution in [1.82, 2.24) is 10.2 Å². The van der Waals surface area contributed by atoms with Crippen LogP contribution in [0, 0.1) is 17.8 Å². The quantitative estimate of drug-likeness (QED) is 0.770. The van der Waals surface area contributed by atoms with E-state index in [1.165, 1.54) is 13.0 Å². The van der Waals surface area contributed by atoms with Crippen molar-refractivity contribution in [2.75, 3.05) is 32.7 Å². The summed E-state index contributed by atoms with van der Waals surface area (Å²) in [5.41, 5.74) is 0. The van der Waals surface area contributed by atoms with Gasteiger partial charge in [0.15, 0.2) is 0 Å². The number of likely N-dealkylation sites (tertiary alicyclic amines) is 1. The van der Waals surface area contributed by atoms with E-state index in [1.54, 1.807) is 0 Å². The molecule has 17 heavy (non-hydrogen) atoms. The van der Waals surface area contributed by atoms with Gasteiger partial charge in [-0.1, -0.05) is 6.92 Å². The van der Waals surface area contributed by atoms with Crippen LogP contribution in [0.25, 0.3) is 0 Å². The number of piperidine rings is 1. The average Bonchev–Trinajstić information content (AvgIpc) is 2.82. The van der Waals surface area contributed by atoms with E-state index in [1.807, 2.05) is 6.92 Å². The normalized spacial score (nSPS) is 29.4. The molecular weight excluding hydrogens is 216 g/mol. The average molecular weight is 240 g/mol. The molecule has 0 aromatic heterocycles. The fourth-order valence-electron chi connectivity index (χ4n) is 3.07. The highest BCUT2D eigenvalue weighted by atomic mass is 16.4. The lowest BCUT2D eigenvalue weighted by Gasteiger charge is -2.34. The van der Waals surface area contributed by atoms with Crippen LogP contribution in [0.5, 0.6) is 0 Å². The van der Waals surface area contributed by atoms with Gasteiger partial charge in [-0.25, -0.2) is 0 Å². The van der Waals surface area contributed by atoms with E-state index in [0.29, 0.717) is 5.92 Å². The molecule has 0 bridgehead atoms. The first-order valence-corrected chi connectivity index (χ1v) is 6.82. The first-order valence-electron chi connectivity index (χ1n) is 6.82. The van der Waals surface area contributed by atoms with Crippen LogP contribution in [0.15, 0.2) is 0 Å². The molecule has 0 saturated carbocycles. The van der Waals surface area contributed by atoms with Crippen molar-refractivity contribution >= 4 is 5.97 Å². The first kappa shape index (κ1) is 12.8. The van der Waals surface area contributed by atoms with Crippen molar-refractivity contribution in [3.05, 3.63) is 0 Å². The van der Waals surface area contributed by atoms with Crippen molar-refractivity contribution < 1.29 is 9.90 Å². The van der Waals surface area contributed by atoms with E-state index in [4.69, 9.17) is 5.11 Å². The minimum absolute atomic E-state index is 0.176. The molecular formula is C13H24N2O2. The molecule has 0 aromatic rings. The molecule has 2 N–H and O–H groups in total. The molecule has 2 atom stereocenters. The van der Waals surface area contributed by atoms with Crippen LogP contribution < -0.4 is 5.32 Å². The number of carboxylic acids is 1. The molecule has 2 unspecified atom stereocenters. The molecule has 0 aromatic carbocycles. The van der Waals surface area contributed by atoms with E-state index in [9.17, 15) is 4.79 Å². The summed E-state index contributed by atoms with van der Waals surface area (Å²) < 4.78 is 0. The van der Waals surface area contributed by atoms with Gasteiger partial charge in [0.25, 0.3) is 0 Å². The number of aliphatic carboxylic acids is 1. The van der Waals surface area contributed by atoms with E-state index in [2.05, 4.69) is 10.2 Å². The second kappa shape index (κ2) is 5.83. The van der Waals surface area contributed by atoms with Gasteiger partial charge < -0.3 is 15.3 Å². The second-order valence-electron chi connectivity index (χ2n) is 5.62. The summed E-state index contributed by atoms with van der Waals surface area (Å²) in [5, 5.41) is 12.4. The minimum Gasteiger partial charge on any atom is -0.481 e. The molecule has 2 aliphatic rings. The number of nitrogens with zero attached hydrogens (tertiary/aromatic N) is 1. The molecule has 0 radical (unpaired) electrons. The van der Waals surface area contributed by atoms with Gasteiger partial charge in [0, 0.05) is 6.54 Å². The van der Waals surface area contributed by atoms with Crippen LogP contribution in [0.1, 0.15) is 26.2 Å². The maximum atomic E-state index is 10.9. The third kappa shape index (κ3) is 3.42. The van der Waals surface area contributed by atoms with Gasteiger partial charge in [-0.3, -0.25) is 4.79 Å². The SMILES string of the molecule is CC(C(=O)O)C1CCN(CC2CCNC2)CC1. The van der Waals surface area contributed by atoms with Crippen LogP contribution in [-0.2, 0) is 4.79 Å². The van der Waals surface area contributed by atoms with Gasteiger partial charge in [-0.05, 0) is 57.3 Å². The third-order valence-electron chi connectivity index (χ3n) is 4.41. The summed E-state index contributed by atoms with van der Waals surface area (Å²) in [6.45, 7) is 7.53. The second-order valence-corrected chi connectivity index (χ2v) is 5.62. The Balaban J connectivity index is 1.72. The molecule has 2 rings (SSSR count). The van der Waals surface area contributed by atoms with Crippen LogP contribution in [0.4, 0.5) is 0 Å². The molecule has 4 nitrogen and oxygen atoms in total. The van der Waals surface area contributed by atoms with Crippen LogP contribution in [-0.4, -0.2) is 48.7 Å². The lowest BCUT2D eigenvalue weighted by molar-refractivity contribution is -0.143. The zero-order chi connectivity index (χ0) is 12.3. The predicted octanol–water partition coefficient (Wildman–Crippen LogP) is 1.03. The summed E-state index contributed by atoms with van der Waals surface area (Å²) in [6.07, 6.45) is 3.40. The lowest BCUT2D eigenvalue weighted by Crippen LogP contribution is -2.40. The fraction of sp³-hybridized carbons (Fsp3) is 0.923. The molecule has 98 valence electrons. The van der Waals surface area contributed by atoms with Gasteiger partial charge in [0.1, 0.15) is 0 Å². The number of carbonyl (C=O) groups is 1. The van der Waals surface area contributed by atoms with Crippen LogP contribution >= 0.6 is 0 Å². The Morgan fingerprint density at radius 1 is 1.41 bits per heavy atom. The zero-order valence-corrected chi connectivity index (χ0v) is 10.7. The van der Waals surface area contributed by atoms with Gasteiger partial charge in [-0.2, -0.15) is 0 Å². The Labute approximate surface area is 103 Å². The minimum atomic E-state index is -0.636. The number of rotatable bonds is 4. The highest BCUT2D eigenvalue weighted by Crippen LogP contribution is 2.26. The van der Waals surface area contributed by atoms with Crippen molar-refractivity contribution in [3.63, 3.8) is 0 Å². The highest BCUT2D eigenvalue weighted by molar-refractivity contribution is 5.69. The van der Waals surface area contributed by atoms with E-state index >= 15 is 0 Å². The Kier molecular flexibility index (Phi) is 4.40. The summed E-state index contributed by atoms with van der Waals surface area (Å²) in [7, 11) is 0. The topological polar surface area (TPSA) is 52.6 Å². The largest absolute Gasteiger partial charge is 0.481 e. The van der Waals surface area contributed by atoms with Crippen molar-refractivity contribution in [3.8, 4) is 0 Å². The predicted molar refractivity (Wildman–Crippen MR) is 66.9 cm³/mol. The summed E-state index contributed by atoms with van der Waals surface area (Å²) in [5.74, 6) is 0.377. The third-order valence-corrected chi connectivity index (χ3v) is 4.41. The van der Waals surface area contributed by atoms with Crippen LogP contribution in [0.3, 0.4) is 0 Å². The molecule has 2 aliphatic heterocycles. The Hall–Kier alpha value is -0.610. The van der Waals surface area contributed by atoms with Crippen molar-refractivity contribution in [2.24, 2.45) is 17.8 Å². The summed E-state index contributed by atoms with van der Waals surface area (Å²) in [6, 6.07) is 0. The molecule has 4 heteroatoms. The smallest absolute Gasteiger partial charge is 0.306 e. The summed E-state index contributed by atoms with van der Waals surface area (Å²) in [4.78, 5) is 13.5. The molecule has 0 aliphatic carbocycles. The number of nitrogens with one attached hydrogen (secondary N) is 1. The first-order chi connectivity index (χ1) is 8.16. The molecule has 2 saturated heterocycles. The number of hydrogen-bond acceptors (Lipinski definition) is 3. The molecule has 0 spiro atoms. The Morgan fingerprint density at radius 3 is 2.65 bits per heavy atom. The lowest BCUT2D eigenvalue weighted by atomic mass is 9.85. The number of carboxylic acid groups (broad SMARTS) is 1. The number of hydrogen-bond donors (Lipinski definition) is 2. The Bertz CT molecular complexity index is 256. The van der Waals surface area contributed by atoms with E-state index in [-0.39, 0.29) is 5.92 Å². The molecule has 2 heterocycles. The molecule has 2 fully saturated rings. The Morgan fingerprint density at radius 2 is 2.12 bits per heavy atom. The van der Waals surface area contributed by atoms with Gasteiger partial charge in [0.05, 0.1) is 5.92 Å². The summed E-state index contributed by atoms with van der Waals surface area (Å²) >= 11 is 0. The molecule has 0 amide bonds. The van der Waals surface area contributed by atoms with E-state index in [0.717, 1.165) is 44.9 Å². The van der Waals surface area contributed by atoms with Gasteiger partial charge >= 0.3 is 5.97 Å². The monoisotopic (exact) mass is 240 g/mol.